The Morgan fingerprint density at radius 2 is 1.65 bits per heavy atom. The van der Waals surface area contributed by atoms with Gasteiger partial charge in [-0.25, -0.2) is 9.58 Å². The van der Waals surface area contributed by atoms with E-state index in [4.69, 9.17) is 35.7 Å². The molecule has 54 heavy (non-hydrogen) atoms. The molecular weight excluding hydrogens is 716 g/mol. The first-order valence-electron chi connectivity index (χ1n) is 17.8. The second-order valence-corrected chi connectivity index (χ2v) is 13.4. The van der Waals surface area contributed by atoms with Crippen molar-refractivity contribution in [3.63, 3.8) is 0 Å². The molecule has 3 atom stereocenters. The quantitative estimate of drug-likeness (QED) is 0.122. The summed E-state index contributed by atoms with van der Waals surface area (Å²) in [6.45, 7) is 6.79. The Balaban J connectivity index is 1.30. The molecule has 0 spiro atoms. The highest BCUT2D eigenvalue weighted by atomic mass is 35.5. The minimum absolute atomic E-state index is 0.0270. The first kappa shape index (κ1) is 38.7. The first-order chi connectivity index (χ1) is 26.0. The fourth-order valence-electron chi connectivity index (χ4n) is 6.96. The Bertz CT molecular complexity index is 2130. The van der Waals surface area contributed by atoms with Crippen LogP contribution in [0.25, 0.3) is 5.69 Å². The molecule has 6 rings (SSSR count). The lowest BCUT2D eigenvalue weighted by Gasteiger charge is -2.36. The van der Waals surface area contributed by atoms with Crippen LogP contribution in [-0.4, -0.2) is 78.1 Å². The third-order valence-corrected chi connectivity index (χ3v) is 9.85. The van der Waals surface area contributed by atoms with Crippen molar-refractivity contribution in [3.05, 3.63) is 122 Å². The van der Waals surface area contributed by atoms with Gasteiger partial charge in [-0.15, -0.1) is 0 Å². The Hall–Kier alpha value is -5.05. The van der Waals surface area contributed by atoms with Gasteiger partial charge in [0, 0.05) is 54.1 Å². The summed E-state index contributed by atoms with van der Waals surface area (Å²) in [6.07, 6.45) is 1.21. The first-order valence-corrected chi connectivity index (χ1v) is 18.1. The summed E-state index contributed by atoms with van der Waals surface area (Å²) in [4.78, 5) is 55.7. The predicted molar refractivity (Wildman–Crippen MR) is 202 cm³/mol. The maximum atomic E-state index is 14.3. The molecule has 0 bridgehead atoms. The molecular formula is C40H43ClN4O9. The number of anilines is 2. The molecule has 3 unspecified atom stereocenters. The topological polar surface area (TPSA) is 151 Å². The van der Waals surface area contributed by atoms with E-state index in [0.29, 0.717) is 65.1 Å². The van der Waals surface area contributed by atoms with Crippen LogP contribution in [0.5, 0.6) is 0 Å². The smallest absolute Gasteiger partial charge is 0.290 e. The van der Waals surface area contributed by atoms with E-state index in [1.54, 1.807) is 46.6 Å². The maximum Gasteiger partial charge on any atom is 0.290 e. The van der Waals surface area contributed by atoms with Crippen molar-refractivity contribution in [1.82, 2.24) is 9.36 Å². The molecule has 2 N–H and O–H groups in total. The molecule has 0 aliphatic carbocycles. The van der Waals surface area contributed by atoms with E-state index in [1.165, 1.54) is 12.1 Å². The Labute approximate surface area is 317 Å². The van der Waals surface area contributed by atoms with Crippen LogP contribution >= 0.6 is 11.6 Å². The number of amides is 3. The highest BCUT2D eigenvalue weighted by Gasteiger charge is 2.41. The molecule has 0 saturated carbocycles. The molecule has 14 heteroatoms. The van der Waals surface area contributed by atoms with Crippen molar-refractivity contribution in [2.24, 2.45) is 13.0 Å². The molecule has 1 aromatic heterocycles. The number of benzene rings is 3. The Morgan fingerprint density at radius 3 is 2.35 bits per heavy atom. The minimum atomic E-state index is -0.893. The van der Waals surface area contributed by atoms with Crippen LogP contribution in [0.2, 0.25) is 5.02 Å². The number of aliphatic hydroxyl groups excluding tert-OH is 1. The second-order valence-electron chi connectivity index (χ2n) is 13.0. The summed E-state index contributed by atoms with van der Waals surface area (Å²) in [5, 5.41) is 12.2. The van der Waals surface area contributed by atoms with Gasteiger partial charge < -0.3 is 29.4 Å². The zero-order valence-corrected chi connectivity index (χ0v) is 31.3. The molecule has 3 amide bonds. The minimum Gasteiger partial charge on any atom is -0.459 e. The van der Waals surface area contributed by atoms with Crippen molar-refractivity contribution in [3.8, 4) is 5.69 Å². The number of imide groups is 1. The van der Waals surface area contributed by atoms with Gasteiger partial charge in [-0.1, -0.05) is 29.8 Å². The average Bonchev–Trinajstić information content (AvgIpc) is 3.53. The fraction of sp³-hybridized carbons (Fsp3) is 0.350. The van der Waals surface area contributed by atoms with Crippen molar-refractivity contribution >= 4 is 40.7 Å². The van der Waals surface area contributed by atoms with E-state index >= 15 is 0 Å². The molecule has 4 aromatic rings. The summed E-state index contributed by atoms with van der Waals surface area (Å²) >= 11 is 6.09. The van der Waals surface area contributed by atoms with E-state index < -0.39 is 35.8 Å². The molecule has 2 aliphatic heterocycles. The van der Waals surface area contributed by atoms with Crippen LogP contribution in [0.15, 0.2) is 83.4 Å². The van der Waals surface area contributed by atoms with Gasteiger partial charge in [0.25, 0.3) is 23.3 Å². The monoisotopic (exact) mass is 758 g/mol. The van der Waals surface area contributed by atoms with E-state index in [0.717, 1.165) is 4.90 Å². The lowest BCUT2D eigenvalue weighted by molar-refractivity contribution is -0.166. The Kier molecular flexibility index (Phi) is 12.1. The lowest BCUT2D eigenvalue weighted by atomic mass is 9.81. The molecule has 3 aromatic carbocycles. The van der Waals surface area contributed by atoms with E-state index in [1.807, 2.05) is 51.2 Å². The number of rotatable bonds is 15. The van der Waals surface area contributed by atoms with E-state index in [9.17, 15) is 19.2 Å². The second kappa shape index (κ2) is 17.0. The third-order valence-electron chi connectivity index (χ3n) is 9.62. The molecule has 13 nitrogen and oxygen atoms in total. The summed E-state index contributed by atoms with van der Waals surface area (Å²) in [5.74, 6) is -2.54. The van der Waals surface area contributed by atoms with Gasteiger partial charge in [-0.05, 0) is 87.4 Å². The summed E-state index contributed by atoms with van der Waals surface area (Å²) in [5.41, 5.74) is 3.51. The van der Waals surface area contributed by atoms with Gasteiger partial charge in [-0.3, -0.25) is 23.9 Å². The predicted octanol–water partition coefficient (Wildman–Crippen LogP) is 5.28. The van der Waals surface area contributed by atoms with Gasteiger partial charge in [0.15, 0.2) is 5.76 Å². The summed E-state index contributed by atoms with van der Waals surface area (Å²) < 4.78 is 26.9. The lowest BCUT2D eigenvalue weighted by Crippen LogP contribution is -2.39. The van der Waals surface area contributed by atoms with Crippen molar-refractivity contribution in [1.29, 1.82) is 0 Å². The summed E-state index contributed by atoms with van der Waals surface area (Å²) in [6, 6.07) is 18.7. The highest BCUT2D eigenvalue weighted by Crippen LogP contribution is 2.40. The molecule has 2 aliphatic rings. The number of ether oxygens (including phenoxy) is 4. The Morgan fingerprint density at radius 1 is 0.926 bits per heavy atom. The number of nitrogens with zero attached hydrogens (tertiary/aromatic N) is 3. The van der Waals surface area contributed by atoms with Crippen LogP contribution < -0.4 is 15.8 Å². The number of fused-ring (bicyclic) bond motifs is 1. The van der Waals surface area contributed by atoms with Crippen LogP contribution in [0.3, 0.4) is 0 Å². The van der Waals surface area contributed by atoms with Crippen molar-refractivity contribution in [2.45, 2.75) is 39.4 Å². The maximum absolute atomic E-state index is 14.3. The van der Waals surface area contributed by atoms with Crippen LogP contribution in [0.4, 0.5) is 11.4 Å². The molecule has 0 radical (unpaired) electrons. The number of aliphatic hydroxyl groups is 1. The SMILES string of the molecule is CCOC1OC(C(=O)Nc2ccc(N3C(=O)c4ccc(Cl)cc4C3=O)c(C)c2)=CC(c2c(C)n(C)n(-c3ccccc3)c2=O)C1CCOCCOCCO. The number of halogens is 1. The van der Waals surface area contributed by atoms with Crippen LogP contribution in [0, 0.1) is 19.8 Å². The van der Waals surface area contributed by atoms with E-state index in [-0.39, 0.29) is 42.3 Å². The van der Waals surface area contributed by atoms with Crippen LogP contribution in [0.1, 0.15) is 56.8 Å². The van der Waals surface area contributed by atoms with Gasteiger partial charge in [-0.2, -0.15) is 0 Å². The molecule has 3 heterocycles. The van der Waals surface area contributed by atoms with Crippen LogP contribution in [-0.2, 0) is 30.8 Å². The number of nitrogens with one attached hydrogen (secondary N) is 1. The largest absolute Gasteiger partial charge is 0.459 e. The number of allylic oxidation sites excluding steroid dienone is 1. The summed E-state index contributed by atoms with van der Waals surface area (Å²) in [7, 11) is 1.82. The third kappa shape index (κ3) is 7.77. The number of aromatic nitrogens is 2. The number of carbonyl (C=O) groups is 3. The van der Waals surface area contributed by atoms with E-state index in [2.05, 4.69) is 5.32 Å². The fourth-order valence-corrected chi connectivity index (χ4v) is 7.13. The molecule has 284 valence electrons. The number of para-hydroxylation sites is 1. The average molecular weight is 759 g/mol. The zero-order chi connectivity index (χ0) is 38.5. The number of hydrogen-bond acceptors (Lipinski definition) is 9. The molecule has 0 saturated heterocycles. The number of carbonyl (C=O) groups excluding carboxylic acids is 3. The van der Waals surface area contributed by atoms with Crippen molar-refractivity contribution in [2.75, 3.05) is 49.9 Å². The number of hydrogen-bond donors (Lipinski definition) is 2. The van der Waals surface area contributed by atoms with Gasteiger partial charge in [0.2, 0.25) is 6.29 Å². The standard InChI is InChI=1S/C40H43ClN4O9/c1-5-53-40-30(15-17-51-19-20-52-18-16-46)31(35-25(3)43(4)45(39(35)50)28-9-7-6-8-10-28)23-34(54-40)36(47)42-27-12-14-33(24(2)21-27)44-37(48)29-13-11-26(41)22-32(29)38(44)49/h6-14,21-23,30-31,40,46H,5,15-20H2,1-4H3,(H,42,47). The molecule has 0 fully saturated rings. The zero-order valence-electron chi connectivity index (χ0n) is 30.5. The van der Waals surface area contributed by atoms with Gasteiger partial charge >= 0.3 is 0 Å². The van der Waals surface area contributed by atoms with Gasteiger partial charge in [0.1, 0.15) is 0 Å². The van der Waals surface area contributed by atoms with Crippen molar-refractivity contribution < 1.29 is 38.4 Å². The van der Waals surface area contributed by atoms with Gasteiger partial charge in [0.05, 0.1) is 48.9 Å². The highest BCUT2D eigenvalue weighted by molar-refractivity contribution is 6.37. The number of aryl methyl sites for hydroxylation is 1. The normalized spacial score (nSPS) is 18.1.